The Morgan fingerprint density at radius 2 is 1.76 bits per heavy atom. The molecule has 1 aliphatic heterocycles. The van der Waals surface area contributed by atoms with Gasteiger partial charge < -0.3 is 14.6 Å². The minimum Gasteiger partial charge on any atom is -0.507 e. The van der Waals surface area contributed by atoms with Gasteiger partial charge >= 0.3 is 0 Å². The molecule has 1 amide bonds. The molecular weight excluding hydrogens is 482 g/mol. The number of hydrogen-bond donors (Lipinski definition) is 1. The van der Waals surface area contributed by atoms with Gasteiger partial charge in [0, 0.05) is 35.5 Å². The molecule has 2 heterocycles. The summed E-state index contributed by atoms with van der Waals surface area (Å²) in [6.45, 7) is 5.29. The van der Waals surface area contributed by atoms with Crippen molar-refractivity contribution in [2.45, 2.75) is 38.8 Å². The van der Waals surface area contributed by atoms with Crippen LogP contribution in [0.2, 0.25) is 0 Å². The summed E-state index contributed by atoms with van der Waals surface area (Å²) in [4.78, 5) is 31.8. The highest BCUT2D eigenvalue weighted by Gasteiger charge is 2.45. The molecule has 0 radical (unpaired) electrons. The van der Waals surface area contributed by atoms with Gasteiger partial charge in [0.2, 0.25) is 0 Å². The van der Waals surface area contributed by atoms with Crippen LogP contribution in [0.25, 0.3) is 5.76 Å². The van der Waals surface area contributed by atoms with E-state index in [0.29, 0.717) is 31.0 Å². The van der Waals surface area contributed by atoms with Crippen molar-refractivity contribution in [3.05, 3.63) is 94.0 Å². The number of Topliss-reactive ketones (excluding diaryl/α,β-unsaturated/α-hetero) is 1. The van der Waals surface area contributed by atoms with Gasteiger partial charge in [0.1, 0.15) is 5.76 Å². The van der Waals surface area contributed by atoms with Crippen LogP contribution in [0, 0.1) is 0 Å². The number of hydrogen-bond acceptors (Lipinski definition) is 4. The minimum absolute atomic E-state index is 0.127. The monoisotopic (exact) mass is 507 g/mol. The number of ketones is 1. The standard InChI is InChI=1S/C26H26BrN3O3/c1-17(2)18-4-6-19(7-5-18)23-22(24(31)20-8-10-21(27)11-9-20)25(32)26(33)30(23)14-3-13-29-15-12-28-16-29/h4-12,15-17,23,31H,3,13-14H2,1-2H3. The Balaban J connectivity index is 1.73. The Bertz CT molecular complexity index is 1170. The van der Waals surface area contributed by atoms with Gasteiger partial charge in [0.25, 0.3) is 11.7 Å². The first kappa shape index (κ1) is 23.0. The number of benzene rings is 2. The van der Waals surface area contributed by atoms with Crippen LogP contribution in [0.1, 0.15) is 48.9 Å². The van der Waals surface area contributed by atoms with E-state index in [0.717, 1.165) is 10.0 Å². The summed E-state index contributed by atoms with van der Waals surface area (Å²) in [7, 11) is 0. The van der Waals surface area contributed by atoms with Gasteiger partial charge in [-0.15, -0.1) is 0 Å². The van der Waals surface area contributed by atoms with Crippen molar-refractivity contribution in [3.63, 3.8) is 0 Å². The fourth-order valence-corrected chi connectivity index (χ4v) is 4.39. The molecule has 0 aliphatic carbocycles. The fraction of sp³-hybridized carbons (Fsp3) is 0.269. The number of amides is 1. The zero-order valence-electron chi connectivity index (χ0n) is 18.6. The van der Waals surface area contributed by atoms with E-state index in [4.69, 9.17) is 0 Å². The lowest BCUT2D eigenvalue weighted by molar-refractivity contribution is -0.139. The molecule has 1 N–H and O–H groups in total. The highest BCUT2D eigenvalue weighted by molar-refractivity contribution is 9.10. The third kappa shape index (κ3) is 4.78. The molecule has 1 saturated heterocycles. The number of carbonyl (C=O) groups excluding carboxylic acids is 2. The maximum absolute atomic E-state index is 13.1. The number of aliphatic hydroxyl groups excluding tert-OH is 1. The highest BCUT2D eigenvalue weighted by atomic mass is 79.9. The van der Waals surface area contributed by atoms with E-state index in [1.807, 2.05) is 35.0 Å². The third-order valence-electron chi connectivity index (χ3n) is 5.95. The Labute approximate surface area is 201 Å². The normalized spacial score (nSPS) is 17.8. The number of carbonyl (C=O) groups is 2. The topological polar surface area (TPSA) is 75.4 Å². The van der Waals surface area contributed by atoms with Crippen molar-refractivity contribution >= 4 is 33.4 Å². The maximum atomic E-state index is 13.1. The quantitative estimate of drug-likeness (QED) is 0.268. The average Bonchev–Trinajstić information content (AvgIpc) is 3.41. The van der Waals surface area contributed by atoms with Crippen LogP contribution in [0.15, 0.2) is 77.3 Å². The number of imidazole rings is 1. The summed E-state index contributed by atoms with van der Waals surface area (Å²) in [5.74, 6) is -1.03. The first-order valence-electron chi connectivity index (χ1n) is 11.0. The van der Waals surface area contributed by atoms with Gasteiger partial charge in [0.05, 0.1) is 17.9 Å². The van der Waals surface area contributed by atoms with Gasteiger partial charge in [-0.2, -0.15) is 0 Å². The van der Waals surface area contributed by atoms with Gasteiger partial charge in [0.15, 0.2) is 0 Å². The largest absolute Gasteiger partial charge is 0.507 e. The molecule has 33 heavy (non-hydrogen) atoms. The number of aliphatic hydroxyl groups is 1. The first-order chi connectivity index (χ1) is 15.9. The smallest absolute Gasteiger partial charge is 0.295 e. The summed E-state index contributed by atoms with van der Waals surface area (Å²) in [6, 6.07) is 14.3. The molecule has 3 aromatic rings. The Kier molecular flexibility index (Phi) is 6.79. The molecule has 4 rings (SSSR count). The first-order valence-corrected chi connectivity index (χ1v) is 11.8. The van der Waals surface area contributed by atoms with Gasteiger partial charge in [-0.05, 0) is 35.6 Å². The second-order valence-corrected chi connectivity index (χ2v) is 9.39. The van der Waals surface area contributed by atoms with Gasteiger partial charge in [-0.1, -0.05) is 66.2 Å². The molecule has 170 valence electrons. The Morgan fingerprint density at radius 3 is 2.36 bits per heavy atom. The predicted octanol–water partition coefficient (Wildman–Crippen LogP) is 5.28. The molecule has 1 aliphatic rings. The lowest BCUT2D eigenvalue weighted by Crippen LogP contribution is -2.31. The van der Waals surface area contributed by atoms with E-state index in [2.05, 4.69) is 34.8 Å². The summed E-state index contributed by atoms with van der Waals surface area (Å²) >= 11 is 3.39. The molecule has 1 unspecified atom stereocenters. The van der Waals surface area contributed by atoms with Crippen molar-refractivity contribution < 1.29 is 14.7 Å². The molecule has 1 fully saturated rings. The van der Waals surface area contributed by atoms with E-state index in [9.17, 15) is 14.7 Å². The lowest BCUT2D eigenvalue weighted by atomic mass is 9.93. The highest BCUT2D eigenvalue weighted by Crippen LogP contribution is 2.40. The van der Waals surface area contributed by atoms with Crippen LogP contribution in [-0.4, -0.2) is 37.8 Å². The second kappa shape index (κ2) is 9.75. The van der Waals surface area contributed by atoms with Crippen molar-refractivity contribution in [3.8, 4) is 0 Å². The third-order valence-corrected chi connectivity index (χ3v) is 6.48. The van der Waals surface area contributed by atoms with Crippen LogP contribution in [0.5, 0.6) is 0 Å². The number of halogens is 1. The molecule has 7 heteroatoms. The van der Waals surface area contributed by atoms with Crippen molar-refractivity contribution in [1.29, 1.82) is 0 Å². The molecule has 6 nitrogen and oxygen atoms in total. The summed E-state index contributed by atoms with van der Waals surface area (Å²) in [6.07, 6.45) is 5.95. The van der Waals surface area contributed by atoms with E-state index < -0.39 is 17.7 Å². The van der Waals surface area contributed by atoms with Crippen LogP contribution < -0.4 is 0 Å². The summed E-state index contributed by atoms with van der Waals surface area (Å²) in [5, 5.41) is 11.1. The molecule has 0 bridgehead atoms. The van der Waals surface area contributed by atoms with Crippen molar-refractivity contribution in [1.82, 2.24) is 14.5 Å². The SMILES string of the molecule is CC(C)c1ccc(C2C(=C(O)c3ccc(Br)cc3)C(=O)C(=O)N2CCCn2ccnc2)cc1. The van der Waals surface area contributed by atoms with Crippen LogP contribution in [0.4, 0.5) is 0 Å². The van der Waals surface area contributed by atoms with Crippen molar-refractivity contribution in [2.75, 3.05) is 6.54 Å². The maximum Gasteiger partial charge on any atom is 0.295 e. The molecule has 2 aromatic carbocycles. The number of aryl methyl sites for hydroxylation is 1. The van der Waals surface area contributed by atoms with Gasteiger partial charge in [-0.3, -0.25) is 9.59 Å². The van der Waals surface area contributed by atoms with E-state index in [1.54, 1.807) is 41.7 Å². The number of likely N-dealkylation sites (tertiary alicyclic amines) is 1. The molecule has 0 spiro atoms. The summed E-state index contributed by atoms with van der Waals surface area (Å²) in [5.41, 5.74) is 2.60. The molecular formula is C26H26BrN3O3. The van der Waals surface area contributed by atoms with Crippen LogP contribution >= 0.6 is 15.9 Å². The molecule has 1 aromatic heterocycles. The number of aromatic nitrogens is 2. The Morgan fingerprint density at radius 1 is 1.06 bits per heavy atom. The fourth-order valence-electron chi connectivity index (χ4n) is 4.13. The summed E-state index contributed by atoms with van der Waals surface area (Å²) < 4.78 is 2.80. The van der Waals surface area contributed by atoms with E-state index in [1.165, 1.54) is 5.56 Å². The van der Waals surface area contributed by atoms with E-state index in [-0.39, 0.29) is 11.3 Å². The minimum atomic E-state index is -0.656. The Hall–Kier alpha value is -3.19. The lowest BCUT2D eigenvalue weighted by Gasteiger charge is -2.25. The molecule has 0 saturated carbocycles. The molecule has 1 atom stereocenters. The zero-order chi connectivity index (χ0) is 23.5. The second-order valence-electron chi connectivity index (χ2n) is 8.47. The average molecular weight is 508 g/mol. The number of rotatable bonds is 7. The zero-order valence-corrected chi connectivity index (χ0v) is 20.2. The van der Waals surface area contributed by atoms with Crippen LogP contribution in [0.3, 0.4) is 0 Å². The number of nitrogens with zero attached hydrogens (tertiary/aromatic N) is 3. The van der Waals surface area contributed by atoms with Crippen LogP contribution in [-0.2, 0) is 16.1 Å². The predicted molar refractivity (Wildman–Crippen MR) is 131 cm³/mol. The van der Waals surface area contributed by atoms with Crippen molar-refractivity contribution in [2.24, 2.45) is 0 Å². The van der Waals surface area contributed by atoms with Gasteiger partial charge in [-0.25, -0.2) is 4.98 Å². The van der Waals surface area contributed by atoms with E-state index >= 15 is 0 Å².